The van der Waals surface area contributed by atoms with E-state index in [9.17, 15) is 17.6 Å². The van der Waals surface area contributed by atoms with Crippen molar-refractivity contribution in [3.63, 3.8) is 0 Å². The molecule has 1 nitrogen and oxygen atoms in total. The number of benzene rings is 2. The predicted octanol–water partition coefficient (Wildman–Crippen LogP) is 5.92. The number of halogens is 6. The lowest BCUT2D eigenvalue weighted by Gasteiger charge is -2.12. The van der Waals surface area contributed by atoms with Crippen molar-refractivity contribution in [2.45, 2.75) is 6.36 Å². The standard InChI is InChI=1S/C13H6Br2F4O/c14-11-4-1-7(16)5-10(11)9-3-2-8(6-12(9)15)20-13(17,18)19/h1-6H. The molecule has 0 atom stereocenters. The van der Waals surface area contributed by atoms with Gasteiger partial charge in [0.15, 0.2) is 0 Å². The van der Waals surface area contributed by atoms with Crippen LogP contribution in [0.2, 0.25) is 0 Å². The molecule has 2 rings (SSSR count). The van der Waals surface area contributed by atoms with E-state index in [0.717, 1.165) is 0 Å². The highest BCUT2D eigenvalue weighted by molar-refractivity contribution is 9.11. The van der Waals surface area contributed by atoms with E-state index >= 15 is 0 Å². The fourth-order valence-corrected chi connectivity index (χ4v) is 2.65. The molecule has 0 aromatic heterocycles. The van der Waals surface area contributed by atoms with Crippen LogP contribution < -0.4 is 4.74 Å². The van der Waals surface area contributed by atoms with Crippen molar-refractivity contribution >= 4 is 31.9 Å². The molecule has 20 heavy (non-hydrogen) atoms. The van der Waals surface area contributed by atoms with Crippen molar-refractivity contribution in [1.29, 1.82) is 0 Å². The Morgan fingerprint density at radius 2 is 1.55 bits per heavy atom. The quantitative estimate of drug-likeness (QED) is 0.555. The fourth-order valence-electron chi connectivity index (χ4n) is 1.62. The monoisotopic (exact) mass is 412 g/mol. The van der Waals surface area contributed by atoms with Gasteiger partial charge in [-0.2, -0.15) is 0 Å². The van der Waals surface area contributed by atoms with E-state index < -0.39 is 12.2 Å². The van der Waals surface area contributed by atoms with Crippen LogP contribution in [-0.4, -0.2) is 6.36 Å². The molecular weight excluding hydrogens is 408 g/mol. The highest BCUT2D eigenvalue weighted by Crippen LogP contribution is 2.37. The van der Waals surface area contributed by atoms with Crippen LogP contribution in [0.3, 0.4) is 0 Å². The maximum absolute atomic E-state index is 13.3. The fraction of sp³-hybridized carbons (Fsp3) is 0.0769. The van der Waals surface area contributed by atoms with Gasteiger partial charge in [-0.1, -0.05) is 31.9 Å². The van der Waals surface area contributed by atoms with E-state index in [2.05, 4.69) is 36.6 Å². The topological polar surface area (TPSA) is 9.23 Å². The van der Waals surface area contributed by atoms with Gasteiger partial charge in [0.25, 0.3) is 0 Å². The largest absolute Gasteiger partial charge is 0.573 e. The number of hydrogen-bond donors (Lipinski definition) is 0. The molecule has 0 aliphatic rings. The summed E-state index contributed by atoms with van der Waals surface area (Å²) >= 11 is 6.43. The molecule has 0 aliphatic heterocycles. The van der Waals surface area contributed by atoms with E-state index in [4.69, 9.17) is 0 Å². The van der Waals surface area contributed by atoms with Crippen molar-refractivity contribution in [2.24, 2.45) is 0 Å². The molecule has 0 unspecified atom stereocenters. The maximum Gasteiger partial charge on any atom is 0.573 e. The van der Waals surface area contributed by atoms with Gasteiger partial charge in [0, 0.05) is 8.95 Å². The zero-order valence-electron chi connectivity index (χ0n) is 9.64. The van der Waals surface area contributed by atoms with Gasteiger partial charge in [-0.25, -0.2) is 4.39 Å². The van der Waals surface area contributed by atoms with E-state index in [-0.39, 0.29) is 5.75 Å². The third kappa shape index (κ3) is 3.73. The number of rotatable bonds is 2. The Morgan fingerprint density at radius 3 is 2.15 bits per heavy atom. The molecule has 7 heteroatoms. The first kappa shape index (κ1) is 15.3. The van der Waals surface area contributed by atoms with Gasteiger partial charge in [0.05, 0.1) is 0 Å². The molecule has 0 fully saturated rings. The molecule has 2 aromatic carbocycles. The summed E-state index contributed by atoms with van der Waals surface area (Å²) in [5.74, 6) is -0.786. The van der Waals surface area contributed by atoms with Gasteiger partial charge in [0.2, 0.25) is 0 Å². The van der Waals surface area contributed by atoms with Gasteiger partial charge in [0.1, 0.15) is 11.6 Å². The second-order valence-corrected chi connectivity index (χ2v) is 5.52. The van der Waals surface area contributed by atoms with Gasteiger partial charge in [-0.15, -0.1) is 13.2 Å². The summed E-state index contributed by atoms with van der Waals surface area (Å²) in [6.45, 7) is 0. The first-order chi connectivity index (χ1) is 9.26. The van der Waals surface area contributed by atoms with Gasteiger partial charge in [-0.05, 0) is 47.5 Å². The summed E-state index contributed by atoms with van der Waals surface area (Å²) in [6, 6.07) is 7.87. The summed E-state index contributed by atoms with van der Waals surface area (Å²) in [4.78, 5) is 0. The lowest BCUT2D eigenvalue weighted by molar-refractivity contribution is -0.274. The molecular formula is C13H6Br2F4O. The SMILES string of the molecule is Fc1ccc(Br)c(-c2ccc(OC(F)(F)F)cc2Br)c1. The van der Waals surface area contributed by atoms with Crippen LogP contribution >= 0.6 is 31.9 Å². The second kappa shape index (κ2) is 5.73. The Morgan fingerprint density at radius 1 is 0.850 bits per heavy atom. The van der Waals surface area contributed by atoms with Crippen molar-refractivity contribution in [1.82, 2.24) is 0 Å². The normalized spacial score (nSPS) is 11.5. The van der Waals surface area contributed by atoms with E-state index in [1.807, 2.05) is 0 Å². The van der Waals surface area contributed by atoms with Crippen molar-refractivity contribution < 1.29 is 22.3 Å². The summed E-state index contributed by atoms with van der Waals surface area (Å²) < 4.78 is 54.4. The zero-order chi connectivity index (χ0) is 14.9. The zero-order valence-corrected chi connectivity index (χ0v) is 12.8. The summed E-state index contributed by atoms with van der Waals surface area (Å²) in [6.07, 6.45) is -4.75. The Hall–Kier alpha value is -1.08. The number of hydrogen-bond acceptors (Lipinski definition) is 1. The maximum atomic E-state index is 13.3. The highest BCUT2D eigenvalue weighted by Gasteiger charge is 2.31. The van der Waals surface area contributed by atoms with Gasteiger partial charge < -0.3 is 4.74 Å². The van der Waals surface area contributed by atoms with Crippen LogP contribution in [0.15, 0.2) is 45.3 Å². The van der Waals surface area contributed by atoms with Crippen LogP contribution in [0.1, 0.15) is 0 Å². The summed E-state index contributed by atoms with van der Waals surface area (Å²) in [7, 11) is 0. The molecule has 0 radical (unpaired) electrons. The lowest BCUT2D eigenvalue weighted by atomic mass is 10.1. The lowest BCUT2D eigenvalue weighted by Crippen LogP contribution is -2.17. The number of alkyl halides is 3. The Balaban J connectivity index is 2.42. The first-order valence-electron chi connectivity index (χ1n) is 5.27. The van der Waals surface area contributed by atoms with Crippen LogP contribution in [0.4, 0.5) is 17.6 Å². The minimum atomic E-state index is -4.75. The number of ether oxygens (including phenoxy) is 1. The van der Waals surface area contributed by atoms with E-state index in [0.29, 0.717) is 20.1 Å². The molecule has 2 aromatic rings. The molecule has 0 saturated heterocycles. The molecule has 0 saturated carbocycles. The first-order valence-corrected chi connectivity index (χ1v) is 6.85. The van der Waals surface area contributed by atoms with Gasteiger partial charge >= 0.3 is 6.36 Å². The molecule has 0 heterocycles. The predicted molar refractivity (Wildman–Crippen MR) is 73.9 cm³/mol. The van der Waals surface area contributed by atoms with Crippen molar-refractivity contribution in [2.75, 3.05) is 0 Å². The van der Waals surface area contributed by atoms with E-state index in [1.165, 1.54) is 36.4 Å². The molecule has 0 bridgehead atoms. The Bertz CT molecular complexity index is 641. The van der Waals surface area contributed by atoms with Crippen molar-refractivity contribution in [3.05, 3.63) is 51.2 Å². The highest BCUT2D eigenvalue weighted by atomic mass is 79.9. The van der Waals surface area contributed by atoms with Crippen LogP contribution in [0, 0.1) is 5.82 Å². The van der Waals surface area contributed by atoms with Crippen molar-refractivity contribution in [3.8, 4) is 16.9 Å². The minimum absolute atomic E-state index is 0.347. The Labute approximate surface area is 128 Å². The molecule has 0 spiro atoms. The third-order valence-electron chi connectivity index (χ3n) is 2.39. The average molecular weight is 414 g/mol. The van der Waals surface area contributed by atoms with E-state index in [1.54, 1.807) is 0 Å². The van der Waals surface area contributed by atoms with Crippen LogP contribution in [-0.2, 0) is 0 Å². The second-order valence-electron chi connectivity index (χ2n) is 3.81. The minimum Gasteiger partial charge on any atom is -0.406 e. The summed E-state index contributed by atoms with van der Waals surface area (Å²) in [5.41, 5.74) is 1.07. The van der Waals surface area contributed by atoms with Gasteiger partial charge in [-0.3, -0.25) is 0 Å². The average Bonchev–Trinajstić information content (AvgIpc) is 2.31. The Kier molecular flexibility index (Phi) is 4.39. The molecule has 0 amide bonds. The smallest absolute Gasteiger partial charge is 0.406 e. The molecule has 106 valence electrons. The molecule has 0 N–H and O–H groups in total. The van der Waals surface area contributed by atoms with Crippen LogP contribution in [0.5, 0.6) is 5.75 Å². The molecule has 0 aliphatic carbocycles. The third-order valence-corrected chi connectivity index (χ3v) is 3.74. The summed E-state index contributed by atoms with van der Waals surface area (Å²) in [5, 5.41) is 0. The van der Waals surface area contributed by atoms with Crippen LogP contribution in [0.25, 0.3) is 11.1 Å².